The molecule has 0 bridgehead atoms. The van der Waals surface area contributed by atoms with Crippen molar-refractivity contribution in [2.75, 3.05) is 26.2 Å². The zero-order valence-corrected chi connectivity index (χ0v) is 15.9. The Morgan fingerprint density at radius 2 is 1.71 bits per heavy atom. The number of nitrogens with zero attached hydrogens (tertiary/aromatic N) is 2. The topological polar surface area (TPSA) is 87.2 Å². The minimum absolute atomic E-state index is 0.0200. The molecule has 28 heavy (non-hydrogen) atoms. The molecular weight excluding hydrogens is 360 g/mol. The fourth-order valence-corrected chi connectivity index (χ4v) is 4.96. The minimum Gasteiger partial charge on any atom is -0.465 e. The third-order valence-electron chi connectivity index (χ3n) is 6.58. The lowest BCUT2D eigenvalue weighted by atomic mass is 9.66. The van der Waals surface area contributed by atoms with Crippen molar-refractivity contribution < 1.29 is 24.2 Å². The summed E-state index contributed by atoms with van der Waals surface area (Å²) in [6.45, 7) is 1.32. The number of ether oxygens (including phenoxy) is 1. The van der Waals surface area contributed by atoms with Crippen LogP contribution in [0.4, 0.5) is 4.79 Å². The van der Waals surface area contributed by atoms with E-state index in [4.69, 9.17) is 4.74 Å². The molecule has 1 aromatic carbocycles. The second-order valence-corrected chi connectivity index (χ2v) is 8.07. The Morgan fingerprint density at radius 3 is 2.32 bits per heavy atom. The van der Waals surface area contributed by atoms with Crippen LogP contribution in [0.15, 0.2) is 24.3 Å². The van der Waals surface area contributed by atoms with Gasteiger partial charge in [0.25, 0.3) is 11.8 Å². The van der Waals surface area contributed by atoms with Gasteiger partial charge in [0.15, 0.2) is 0 Å². The van der Waals surface area contributed by atoms with Crippen LogP contribution in [-0.2, 0) is 4.74 Å². The fraction of sp³-hybridized carbons (Fsp3) is 0.571. The van der Waals surface area contributed by atoms with Crippen molar-refractivity contribution in [1.29, 1.82) is 0 Å². The summed E-state index contributed by atoms with van der Waals surface area (Å²) in [6.07, 6.45) is 5.32. The lowest BCUT2D eigenvalue weighted by Crippen LogP contribution is -2.54. The Bertz CT molecular complexity index is 752. The van der Waals surface area contributed by atoms with Crippen LogP contribution in [0.1, 0.15) is 59.2 Å². The Hall–Kier alpha value is -2.41. The summed E-state index contributed by atoms with van der Waals surface area (Å²) in [7, 11) is 0. The molecule has 1 atom stereocenters. The molecule has 2 heterocycles. The molecule has 4 rings (SSSR count). The van der Waals surface area contributed by atoms with Crippen LogP contribution < -0.4 is 0 Å². The van der Waals surface area contributed by atoms with E-state index in [2.05, 4.69) is 0 Å². The molecule has 1 N–H and O–H groups in total. The Labute approximate surface area is 164 Å². The van der Waals surface area contributed by atoms with Gasteiger partial charge in [-0.1, -0.05) is 31.4 Å². The Morgan fingerprint density at radius 1 is 1.07 bits per heavy atom. The summed E-state index contributed by atoms with van der Waals surface area (Å²) in [6, 6.07) is 6.83. The molecule has 2 fully saturated rings. The molecule has 1 spiro atoms. The van der Waals surface area contributed by atoms with E-state index in [0.717, 1.165) is 32.1 Å². The van der Waals surface area contributed by atoms with Crippen molar-refractivity contribution in [2.45, 2.75) is 44.6 Å². The zero-order valence-electron chi connectivity index (χ0n) is 15.9. The van der Waals surface area contributed by atoms with Crippen LogP contribution in [0.3, 0.4) is 0 Å². The van der Waals surface area contributed by atoms with Crippen molar-refractivity contribution in [2.24, 2.45) is 5.41 Å². The number of carboxylic acid groups (broad SMARTS) is 1. The Kier molecular flexibility index (Phi) is 5.10. The maximum Gasteiger partial charge on any atom is 0.407 e. The number of piperidine rings is 1. The van der Waals surface area contributed by atoms with Gasteiger partial charge in [0.05, 0.1) is 36.9 Å². The molecule has 0 aromatic heterocycles. The number of fused-ring (bicyclic) bond motifs is 1. The standard InChI is InChI=1S/C21H26N2O5/c24-18-15-6-2-3-7-16(15)19(25)23(18)12-13-28-17-14-22(20(26)27)11-10-21(17)8-4-1-5-9-21/h2-3,6-7,17H,1,4-5,8-14H2,(H,26,27). The van der Waals surface area contributed by atoms with Crippen molar-refractivity contribution in [1.82, 2.24) is 9.80 Å². The van der Waals surface area contributed by atoms with Gasteiger partial charge in [0, 0.05) is 6.54 Å². The molecule has 0 radical (unpaired) electrons. The van der Waals surface area contributed by atoms with Gasteiger partial charge in [-0.25, -0.2) is 4.79 Å². The fourth-order valence-electron chi connectivity index (χ4n) is 4.96. The lowest BCUT2D eigenvalue weighted by Gasteiger charge is -2.49. The predicted molar refractivity (Wildman–Crippen MR) is 101 cm³/mol. The normalized spacial score (nSPS) is 23.9. The second kappa shape index (κ2) is 7.54. The molecule has 1 unspecified atom stereocenters. The maximum atomic E-state index is 12.5. The number of likely N-dealkylation sites (tertiary alicyclic amines) is 1. The summed E-state index contributed by atoms with van der Waals surface area (Å²) < 4.78 is 6.16. The van der Waals surface area contributed by atoms with Crippen molar-refractivity contribution in [3.63, 3.8) is 0 Å². The van der Waals surface area contributed by atoms with Crippen LogP contribution in [0.25, 0.3) is 0 Å². The number of rotatable bonds is 4. The van der Waals surface area contributed by atoms with Gasteiger partial charge in [0.2, 0.25) is 0 Å². The average Bonchev–Trinajstić information content (AvgIpc) is 2.95. The highest BCUT2D eigenvalue weighted by atomic mass is 16.5. The van der Waals surface area contributed by atoms with Gasteiger partial charge >= 0.3 is 6.09 Å². The van der Waals surface area contributed by atoms with Crippen LogP contribution >= 0.6 is 0 Å². The average molecular weight is 386 g/mol. The molecular formula is C21H26N2O5. The van der Waals surface area contributed by atoms with Crippen molar-refractivity contribution >= 4 is 17.9 Å². The van der Waals surface area contributed by atoms with E-state index in [1.807, 2.05) is 0 Å². The molecule has 7 heteroatoms. The third-order valence-corrected chi connectivity index (χ3v) is 6.58. The van der Waals surface area contributed by atoms with E-state index in [-0.39, 0.29) is 36.5 Å². The number of hydrogen-bond donors (Lipinski definition) is 1. The van der Waals surface area contributed by atoms with Gasteiger partial charge < -0.3 is 14.7 Å². The van der Waals surface area contributed by atoms with E-state index in [1.54, 1.807) is 24.3 Å². The minimum atomic E-state index is -0.917. The second-order valence-electron chi connectivity index (χ2n) is 8.07. The first-order chi connectivity index (χ1) is 13.5. The van der Waals surface area contributed by atoms with Gasteiger partial charge in [-0.3, -0.25) is 14.5 Å². The van der Waals surface area contributed by atoms with Gasteiger partial charge in [-0.05, 0) is 36.8 Å². The van der Waals surface area contributed by atoms with E-state index < -0.39 is 6.09 Å². The summed E-state index contributed by atoms with van der Waals surface area (Å²) in [5.74, 6) is -0.570. The highest BCUT2D eigenvalue weighted by Gasteiger charge is 2.45. The van der Waals surface area contributed by atoms with Gasteiger partial charge in [0.1, 0.15) is 0 Å². The first-order valence-corrected chi connectivity index (χ1v) is 10.1. The molecule has 150 valence electrons. The summed E-state index contributed by atoms with van der Waals surface area (Å²) in [4.78, 5) is 39.1. The maximum absolute atomic E-state index is 12.5. The number of imide groups is 1. The number of hydrogen-bond acceptors (Lipinski definition) is 4. The monoisotopic (exact) mass is 386 g/mol. The third kappa shape index (κ3) is 3.28. The number of carbonyl (C=O) groups excluding carboxylic acids is 2. The molecule has 1 aliphatic carbocycles. The van der Waals surface area contributed by atoms with E-state index in [9.17, 15) is 19.5 Å². The molecule has 7 nitrogen and oxygen atoms in total. The van der Waals surface area contributed by atoms with E-state index >= 15 is 0 Å². The summed E-state index contributed by atoms with van der Waals surface area (Å²) >= 11 is 0. The van der Waals surface area contributed by atoms with Gasteiger partial charge in [-0.2, -0.15) is 0 Å². The molecule has 2 aliphatic heterocycles. The first kappa shape index (κ1) is 18.9. The van der Waals surface area contributed by atoms with Crippen molar-refractivity contribution in [3.8, 4) is 0 Å². The molecule has 3 amide bonds. The predicted octanol–water partition coefficient (Wildman–Crippen LogP) is 3.00. The van der Waals surface area contributed by atoms with Crippen LogP contribution in [-0.4, -0.2) is 65.2 Å². The Balaban J connectivity index is 1.41. The number of carbonyl (C=O) groups is 3. The SMILES string of the molecule is O=C(O)N1CCC2(CCCCC2)C(OCCN2C(=O)c3ccccc3C2=O)C1. The summed E-state index contributed by atoms with van der Waals surface area (Å²) in [5.41, 5.74) is 0.892. The number of benzene rings is 1. The van der Waals surface area contributed by atoms with E-state index in [0.29, 0.717) is 24.2 Å². The number of amides is 3. The van der Waals surface area contributed by atoms with Gasteiger partial charge in [-0.15, -0.1) is 0 Å². The molecule has 1 aromatic rings. The van der Waals surface area contributed by atoms with Crippen LogP contribution in [0.2, 0.25) is 0 Å². The summed E-state index contributed by atoms with van der Waals surface area (Å²) in [5, 5.41) is 9.38. The lowest BCUT2D eigenvalue weighted by molar-refractivity contribution is -0.101. The first-order valence-electron chi connectivity index (χ1n) is 10.1. The quantitative estimate of drug-likeness (QED) is 0.804. The highest BCUT2D eigenvalue weighted by molar-refractivity contribution is 6.21. The largest absolute Gasteiger partial charge is 0.465 e. The van der Waals surface area contributed by atoms with Crippen molar-refractivity contribution in [3.05, 3.63) is 35.4 Å². The van der Waals surface area contributed by atoms with Crippen LogP contribution in [0, 0.1) is 5.41 Å². The molecule has 1 saturated heterocycles. The smallest absolute Gasteiger partial charge is 0.407 e. The van der Waals surface area contributed by atoms with Crippen LogP contribution in [0.5, 0.6) is 0 Å². The molecule has 3 aliphatic rings. The zero-order chi connectivity index (χ0) is 19.7. The highest BCUT2D eigenvalue weighted by Crippen LogP contribution is 2.46. The molecule has 1 saturated carbocycles. The van der Waals surface area contributed by atoms with E-state index in [1.165, 1.54) is 16.2 Å².